The Morgan fingerprint density at radius 1 is 1.11 bits per heavy atom. The van der Waals surface area contributed by atoms with Crippen molar-refractivity contribution in [2.24, 2.45) is 0 Å². The number of aromatic nitrogens is 1. The van der Waals surface area contributed by atoms with Gasteiger partial charge in [-0.3, -0.25) is 0 Å². The van der Waals surface area contributed by atoms with Gasteiger partial charge in [0, 0.05) is 23.5 Å². The third-order valence-corrected chi connectivity index (χ3v) is 3.30. The van der Waals surface area contributed by atoms with Crippen LogP contribution in [0.25, 0.3) is 0 Å². The molecule has 4 nitrogen and oxygen atoms in total. The lowest BCUT2D eigenvalue weighted by atomic mass is 10.2. The average molecular weight is 256 g/mol. The van der Waals surface area contributed by atoms with E-state index in [4.69, 9.17) is 15.2 Å². The number of pyridine rings is 1. The topological polar surface area (TPSA) is 57.4 Å². The number of aryl methyl sites for hydroxylation is 2. The van der Waals surface area contributed by atoms with Crippen molar-refractivity contribution in [3.05, 3.63) is 41.6 Å². The molecule has 2 N–H and O–H groups in total. The number of hydrogen-bond acceptors (Lipinski definition) is 4. The van der Waals surface area contributed by atoms with Gasteiger partial charge >= 0.3 is 0 Å². The number of benzene rings is 1. The number of rotatable bonds is 3. The molecule has 1 aliphatic carbocycles. The highest BCUT2D eigenvalue weighted by molar-refractivity contribution is 5.53. The first-order chi connectivity index (χ1) is 9.26. The van der Waals surface area contributed by atoms with Crippen LogP contribution in [-0.2, 0) is 12.8 Å². The zero-order valence-corrected chi connectivity index (χ0v) is 10.8. The largest absolute Gasteiger partial charge is 0.493 e. The van der Waals surface area contributed by atoms with Crippen LogP contribution in [0.3, 0.4) is 0 Å². The molecule has 0 bridgehead atoms. The monoisotopic (exact) mass is 256 g/mol. The molecule has 19 heavy (non-hydrogen) atoms. The second-order valence-corrected chi connectivity index (χ2v) is 4.62. The van der Waals surface area contributed by atoms with Crippen LogP contribution in [-0.4, -0.2) is 12.1 Å². The quantitative estimate of drug-likeness (QED) is 0.858. The number of nitrogens with two attached hydrogens (primary N) is 1. The Balaban J connectivity index is 1.90. The molecule has 1 aliphatic rings. The van der Waals surface area contributed by atoms with E-state index in [-0.39, 0.29) is 0 Å². The molecule has 0 unspecified atom stereocenters. The van der Waals surface area contributed by atoms with Crippen LogP contribution in [0.2, 0.25) is 0 Å². The fraction of sp³-hybridized carbons (Fsp3) is 0.267. The second-order valence-electron chi connectivity index (χ2n) is 4.62. The Labute approximate surface area is 112 Å². The van der Waals surface area contributed by atoms with Gasteiger partial charge in [0.15, 0.2) is 11.5 Å². The van der Waals surface area contributed by atoms with Gasteiger partial charge in [-0.15, -0.1) is 0 Å². The Morgan fingerprint density at radius 2 is 2.00 bits per heavy atom. The van der Waals surface area contributed by atoms with Crippen molar-refractivity contribution in [1.82, 2.24) is 4.98 Å². The van der Waals surface area contributed by atoms with Crippen molar-refractivity contribution >= 4 is 5.69 Å². The summed E-state index contributed by atoms with van der Waals surface area (Å²) in [5, 5.41) is 0. The summed E-state index contributed by atoms with van der Waals surface area (Å²) in [7, 11) is 1.61. The Hall–Kier alpha value is -2.23. The first kappa shape index (κ1) is 11.8. The Morgan fingerprint density at radius 3 is 2.84 bits per heavy atom. The Bertz CT molecular complexity index is 611. The molecular weight excluding hydrogens is 240 g/mol. The van der Waals surface area contributed by atoms with E-state index in [1.54, 1.807) is 25.3 Å². The number of nitrogens with zero attached hydrogens (tertiary/aromatic N) is 1. The molecule has 98 valence electrons. The van der Waals surface area contributed by atoms with Gasteiger partial charge in [-0.1, -0.05) is 6.07 Å². The molecule has 1 aromatic heterocycles. The van der Waals surface area contributed by atoms with Gasteiger partial charge in [0.1, 0.15) is 0 Å². The van der Waals surface area contributed by atoms with Gasteiger partial charge in [0.05, 0.1) is 7.11 Å². The molecule has 0 fully saturated rings. The molecule has 1 heterocycles. The number of hydrogen-bond donors (Lipinski definition) is 1. The minimum absolute atomic E-state index is 0.588. The summed E-state index contributed by atoms with van der Waals surface area (Å²) in [5.41, 5.74) is 8.87. The van der Waals surface area contributed by atoms with Gasteiger partial charge in [-0.25, -0.2) is 4.98 Å². The highest BCUT2D eigenvalue weighted by Crippen LogP contribution is 2.33. The van der Waals surface area contributed by atoms with Crippen LogP contribution in [0.5, 0.6) is 17.4 Å². The standard InChI is InChI=1S/C15H16N2O2/c1-18-13-7-6-11(16)9-14(13)19-15-8-5-10-3-2-4-12(10)17-15/h5-9H,2-4,16H2,1H3. The molecule has 2 aromatic rings. The highest BCUT2D eigenvalue weighted by atomic mass is 16.5. The predicted molar refractivity (Wildman–Crippen MR) is 73.7 cm³/mol. The minimum atomic E-state index is 0.588. The van der Waals surface area contributed by atoms with Crippen molar-refractivity contribution < 1.29 is 9.47 Å². The number of fused-ring (bicyclic) bond motifs is 1. The van der Waals surface area contributed by atoms with Crippen molar-refractivity contribution in [3.63, 3.8) is 0 Å². The van der Waals surface area contributed by atoms with Crippen molar-refractivity contribution in [3.8, 4) is 17.4 Å². The van der Waals surface area contributed by atoms with Crippen LogP contribution in [0.15, 0.2) is 30.3 Å². The van der Waals surface area contributed by atoms with E-state index in [1.165, 1.54) is 12.0 Å². The summed E-state index contributed by atoms with van der Waals surface area (Å²) in [6, 6.07) is 9.30. The minimum Gasteiger partial charge on any atom is -0.493 e. The lowest BCUT2D eigenvalue weighted by molar-refractivity contribution is 0.374. The predicted octanol–water partition coefficient (Wildman–Crippen LogP) is 2.95. The number of methoxy groups -OCH3 is 1. The van der Waals surface area contributed by atoms with Gasteiger partial charge < -0.3 is 15.2 Å². The summed E-state index contributed by atoms with van der Waals surface area (Å²) in [4.78, 5) is 4.54. The van der Waals surface area contributed by atoms with Gasteiger partial charge in [-0.05, 0) is 37.0 Å². The highest BCUT2D eigenvalue weighted by Gasteiger charge is 2.14. The summed E-state index contributed by atoms with van der Waals surface area (Å²) in [6.07, 6.45) is 3.32. The molecule has 1 aromatic carbocycles. The molecular formula is C15H16N2O2. The SMILES string of the molecule is COc1ccc(N)cc1Oc1ccc2c(n1)CCC2. The third-order valence-electron chi connectivity index (χ3n) is 3.30. The van der Waals surface area contributed by atoms with E-state index < -0.39 is 0 Å². The summed E-state index contributed by atoms with van der Waals surface area (Å²) in [5.74, 6) is 1.83. The van der Waals surface area contributed by atoms with Crippen LogP contribution in [0.4, 0.5) is 5.69 Å². The number of ether oxygens (including phenoxy) is 2. The van der Waals surface area contributed by atoms with Crippen molar-refractivity contribution in [1.29, 1.82) is 0 Å². The molecule has 0 amide bonds. The third kappa shape index (κ3) is 2.34. The van der Waals surface area contributed by atoms with Crippen LogP contribution < -0.4 is 15.2 Å². The molecule has 0 saturated heterocycles. The van der Waals surface area contributed by atoms with Gasteiger partial charge in [-0.2, -0.15) is 0 Å². The summed E-state index contributed by atoms with van der Waals surface area (Å²) < 4.78 is 11.0. The first-order valence-electron chi connectivity index (χ1n) is 6.36. The van der Waals surface area contributed by atoms with E-state index in [1.807, 2.05) is 6.07 Å². The van der Waals surface area contributed by atoms with Gasteiger partial charge in [0.25, 0.3) is 0 Å². The van der Waals surface area contributed by atoms with Crippen molar-refractivity contribution in [2.75, 3.05) is 12.8 Å². The van der Waals surface area contributed by atoms with Gasteiger partial charge in [0.2, 0.25) is 5.88 Å². The lowest BCUT2D eigenvalue weighted by Crippen LogP contribution is -1.96. The summed E-state index contributed by atoms with van der Waals surface area (Å²) >= 11 is 0. The first-order valence-corrected chi connectivity index (χ1v) is 6.36. The van der Waals surface area contributed by atoms with Crippen LogP contribution in [0.1, 0.15) is 17.7 Å². The number of anilines is 1. The molecule has 0 spiro atoms. The maximum atomic E-state index is 5.79. The smallest absolute Gasteiger partial charge is 0.219 e. The maximum absolute atomic E-state index is 5.79. The normalized spacial score (nSPS) is 13.1. The van der Waals surface area contributed by atoms with E-state index in [9.17, 15) is 0 Å². The van der Waals surface area contributed by atoms with Crippen molar-refractivity contribution in [2.45, 2.75) is 19.3 Å². The maximum Gasteiger partial charge on any atom is 0.219 e. The number of nitrogen functional groups attached to an aromatic ring is 1. The molecule has 0 saturated carbocycles. The molecule has 4 heteroatoms. The molecule has 0 atom stereocenters. The van der Waals surface area contributed by atoms with Crippen LogP contribution >= 0.6 is 0 Å². The Kier molecular flexibility index (Phi) is 2.99. The zero-order chi connectivity index (χ0) is 13.2. The fourth-order valence-electron chi connectivity index (χ4n) is 2.34. The van der Waals surface area contributed by atoms with E-state index in [0.717, 1.165) is 18.5 Å². The fourth-order valence-corrected chi connectivity index (χ4v) is 2.34. The van der Waals surface area contributed by atoms with E-state index >= 15 is 0 Å². The molecule has 0 radical (unpaired) electrons. The molecule has 0 aliphatic heterocycles. The zero-order valence-electron chi connectivity index (χ0n) is 10.8. The second kappa shape index (κ2) is 4.80. The molecule has 3 rings (SSSR count). The lowest BCUT2D eigenvalue weighted by Gasteiger charge is -2.11. The van der Waals surface area contributed by atoms with Crippen LogP contribution in [0, 0.1) is 0 Å². The summed E-state index contributed by atoms with van der Waals surface area (Å²) in [6.45, 7) is 0. The average Bonchev–Trinajstić information content (AvgIpc) is 2.86. The van der Waals surface area contributed by atoms with E-state index in [0.29, 0.717) is 23.1 Å². The van der Waals surface area contributed by atoms with E-state index in [2.05, 4.69) is 11.1 Å².